The number of quaternary nitrogens is 1. The molecule has 0 saturated heterocycles. The van der Waals surface area contributed by atoms with Gasteiger partial charge in [0.25, 0.3) is 0 Å². The second-order valence-electron chi connectivity index (χ2n) is 2.82. The summed E-state index contributed by atoms with van der Waals surface area (Å²) in [6, 6.07) is 0. The maximum absolute atomic E-state index is 10.6. The van der Waals surface area contributed by atoms with Gasteiger partial charge in [-0.2, -0.15) is 0 Å². The predicted molar refractivity (Wildman–Crippen MR) is 39.5 cm³/mol. The fourth-order valence-corrected chi connectivity index (χ4v) is 0.232. The van der Waals surface area contributed by atoms with Crippen molar-refractivity contribution in [2.75, 3.05) is 34.2 Å². The predicted octanol–water partition coefficient (Wildman–Crippen LogP) is -2.74. The van der Waals surface area contributed by atoms with Crippen LogP contribution in [0.25, 0.3) is 0 Å². The molecule has 0 aromatic rings. The van der Waals surface area contributed by atoms with Gasteiger partial charge in [0.15, 0.2) is 0 Å². The smallest absolute Gasteiger partial charge is 0.302 e. The Balaban J connectivity index is 0. The summed E-state index contributed by atoms with van der Waals surface area (Å²) in [5, 5.41) is 0. The van der Waals surface area contributed by atoms with Gasteiger partial charge in [0.05, 0.1) is 26.6 Å². The molecular formula is C7H16ClNO2. The van der Waals surface area contributed by atoms with Gasteiger partial charge in [-0.05, 0) is 0 Å². The lowest BCUT2D eigenvalue weighted by Crippen LogP contribution is -3.00. The zero-order valence-electron chi connectivity index (χ0n) is 11.1. The molecule has 0 N–H and O–H groups in total. The molecule has 0 rings (SSSR count). The second-order valence-corrected chi connectivity index (χ2v) is 2.82. The SMILES string of the molecule is [2H]C([2H])(OC(C)=O)C([2H])([2H])[N+](C)(C)C.[Cl-]. The number of hydrogen-bond donors (Lipinski definition) is 0. The minimum absolute atomic E-state index is 0. The summed E-state index contributed by atoms with van der Waals surface area (Å²) in [6.45, 7) is -3.90. The summed E-state index contributed by atoms with van der Waals surface area (Å²) in [5.41, 5.74) is 0. The van der Waals surface area contributed by atoms with Gasteiger partial charge in [-0.25, -0.2) is 0 Å². The van der Waals surface area contributed by atoms with Crippen LogP contribution in [0.3, 0.4) is 0 Å². The maximum Gasteiger partial charge on any atom is 0.302 e. The summed E-state index contributed by atoms with van der Waals surface area (Å²) in [4.78, 5) is 10.6. The molecule has 68 valence electrons. The van der Waals surface area contributed by atoms with E-state index in [-0.39, 0.29) is 16.9 Å². The van der Waals surface area contributed by atoms with E-state index in [4.69, 9.17) is 5.48 Å². The normalized spacial score (nSPS) is 18.2. The third-order valence-corrected chi connectivity index (χ3v) is 0.576. The highest BCUT2D eigenvalue weighted by atomic mass is 35.5. The van der Waals surface area contributed by atoms with Crippen LogP contribution in [0.5, 0.6) is 0 Å². The first-order chi connectivity index (χ1) is 5.92. The molecule has 11 heavy (non-hydrogen) atoms. The topological polar surface area (TPSA) is 26.3 Å². The van der Waals surface area contributed by atoms with E-state index in [2.05, 4.69) is 4.74 Å². The van der Waals surface area contributed by atoms with Crippen molar-refractivity contribution in [1.29, 1.82) is 0 Å². The minimum atomic E-state index is -2.64. The number of rotatable bonds is 3. The van der Waals surface area contributed by atoms with E-state index < -0.39 is 19.0 Å². The minimum Gasteiger partial charge on any atom is -1.00 e. The van der Waals surface area contributed by atoms with E-state index in [0.29, 0.717) is 0 Å². The van der Waals surface area contributed by atoms with E-state index in [0.717, 1.165) is 6.92 Å². The number of ether oxygens (including phenoxy) is 1. The fourth-order valence-electron chi connectivity index (χ4n) is 0.232. The average Bonchev–Trinajstić information content (AvgIpc) is 1.80. The van der Waals surface area contributed by atoms with E-state index >= 15 is 0 Å². The van der Waals surface area contributed by atoms with Crippen molar-refractivity contribution >= 4 is 5.97 Å². The lowest BCUT2D eigenvalue weighted by Gasteiger charge is -2.23. The van der Waals surface area contributed by atoms with Crippen LogP contribution in [0.15, 0.2) is 0 Å². The molecule has 0 aliphatic heterocycles. The van der Waals surface area contributed by atoms with Crippen molar-refractivity contribution in [3.05, 3.63) is 0 Å². The van der Waals surface area contributed by atoms with E-state index in [1.54, 1.807) is 0 Å². The van der Waals surface area contributed by atoms with Crippen molar-refractivity contribution in [3.8, 4) is 0 Å². The van der Waals surface area contributed by atoms with E-state index in [9.17, 15) is 4.79 Å². The summed E-state index contributed by atoms with van der Waals surface area (Å²) < 4.78 is 33.9. The van der Waals surface area contributed by atoms with Crippen LogP contribution in [-0.4, -0.2) is 44.7 Å². The van der Waals surface area contributed by atoms with Crippen LogP contribution >= 0.6 is 0 Å². The first kappa shape index (κ1) is 6.26. The van der Waals surface area contributed by atoms with E-state index in [1.165, 1.54) is 21.1 Å². The second kappa shape index (κ2) is 5.38. The summed E-state index contributed by atoms with van der Waals surface area (Å²) in [7, 11) is 4.46. The molecule has 0 aliphatic carbocycles. The number of nitrogens with zero attached hydrogens (tertiary/aromatic N) is 1. The van der Waals surface area contributed by atoms with Crippen LogP contribution in [0, 0.1) is 0 Å². The zero-order valence-corrected chi connectivity index (χ0v) is 7.90. The third kappa shape index (κ3) is 12.8. The Morgan fingerprint density at radius 3 is 2.27 bits per heavy atom. The summed E-state index contributed by atoms with van der Waals surface area (Å²) >= 11 is 0. The highest BCUT2D eigenvalue weighted by molar-refractivity contribution is 5.65. The van der Waals surface area contributed by atoms with Crippen molar-refractivity contribution in [1.82, 2.24) is 0 Å². The van der Waals surface area contributed by atoms with Gasteiger partial charge >= 0.3 is 5.97 Å². The molecule has 0 bridgehead atoms. The van der Waals surface area contributed by atoms with Crippen molar-refractivity contribution < 1.29 is 31.9 Å². The molecule has 0 fully saturated rings. The molecule has 3 nitrogen and oxygen atoms in total. The molecule has 0 spiro atoms. The number of carbonyl (C=O) groups is 1. The standard InChI is InChI=1S/C7H16NO2.ClH/c1-7(9)10-6-5-8(2,3)4;/h5-6H2,1-4H3;1H/q+1;/p-1/i5D2,6D2;. The number of carbonyl (C=O) groups excluding carboxylic acids is 1. The van der Waals surface area contributed by atoms with Crippen LogP contribution < -0.4 is 12.4 Å². The van der Waals surface area contributed by atoms with Crippen LogP contribution in [-0.2, 0) is 9.53 Å². The van der Waals surface area contributed by atoms with E-state index in [1.807, 2.05) is 0 Å². The van der Waals surface area contributed by atoms with Gasteiger partial charge in [0.2, 0.25) is 0 Å². The first-order valence-corrected chi connectivity index (χ1v) is 2.93. The monoisotopic (exact) mass is 185 g/mol. The summed E-state index contributed by atoms with van der Waals surface area (Å²) in [5.74, 6) is -0.840. The lowest BCUT2D eigenvalue weighted by molar-refractivity contribution is -0.870. The first-order valence-electron chi connectivity index (χ1n) is 4.93. The largest absolute Gasteiger partial charge is 1.00 e. The molecule has 0 aromatic heterocycles. The highest BCUT2D eigenvalue weighted by Crippen LogP contribution is 1.88. The van der Waals surface area contributed by atoms with Gasteiger partial charge < -0.3 is 21.6 Å². The number of hydrogen-bond acceptors (Lipinski definition) is 2. The summed E-state index contributed by atoms with van der Waals surface area (Å²) in [6.07, 6.45) is 0. The van der Waals surface area contributed by atoms with Gasteiger partial charge in [0.1, 0.15) is 13.1 Å². The number of esters is 1. The number of halogens is 1. The van der Waals surface area contributed by atoms with Crippen LogP contribution in [0.1, 0.15) is 12.4 Å². The van der Waals surface area contributed by atoms with Crippen LogP contribution in [0.4, 0.5) is 0 Å². The molecule has 0 heterocycles. The van der Waals surface area contributed by atoms with Crippen LogP contribution in [0.2, 0.25) is 0 Å². The van der Waals surface area contributed by atoms with Gasteiger partial charge in [0, 0.05) is 6.92 Å². The molecule has 0 saturated carbocycles. The average molecular weight is 186 g/mol. The molecule has 0 aromatic carbocycles. The molecule has 0 aliphatic rings. The molecular weight excluding hydrogens is 166 g/mol. The fraction of sp³-hybridized carbons (Fsp3) is 0.857. The lowest BCUT2D eigenvalue weighted by atomic mass is 10.5. The van der Waals surface area contributed by atoms with Gasteiger partial charge in [-0.1, -0.05) is 0 Å². The Kier molecular flexibility index (Phi) is 3.06. The molecule has 4 heteroatoms. The van der Waals surface area contributed by atoms with Gasteiger partial charge in [-0.15, -0.1) is 0 Å². The number of likely N-dealkylation sites (N-methyl/N-ethyl adjacent to an activating group) is 1. The molecule has 0 atom stereocenters. The quantitative estimate of drug-likeness (QED) is 0.353. The molecule has 0 unspecified atom stereocenters. The van der Waals surface area contributed by atoms with Crippen molar-refractivity contribution in [3.63, 3.8) is 0 Å². The Bertz CT molecular complexity index is 240. The zero-order chi connectivity index (χ0) is 11.8. The Hall–Kier alpha value is -0.280. The third-order valence-electron chi connectivity index (χ3n) is 0.576. The van der Waals surface area contributed by atoms with Crippen molar-refractivity contribution in [2.24, 2.45) is 0 Å². The highest BCUT2D eigenvalue weighted by Gasteiger charge is 2.06. The molecule has 0 radical (unpaired) electrons. The molecule has 0 amide bonds. The van der Waals surface area contributed by atoms with Crippen molar-refractivity contribution in [2.45, 2.75) is 6.92 Å². The Morgan fingerprint density at radius 2 is 2.00 bits per heavy atom. The Labute approximate surface area is 79.9 Å². The maximum atomic E-state index is 10.6. The van der Waals surface area contributed by atoms with Gasteiger partial charge in [-0.3, -0.25) is 4.79 Å². The Morgan fingerprint density at radius 1 is 1.55 bits per heavy atom.